The Kier molecular flexibility index (Phi) is 6.35. The SMILES string of the molecule is Cc1nn(C)c(C)c1S(=O)(=O)NCc1cnc(Oc2ccc3c(c2)CCC(c2ccccc2)O3)s1. The molecule has 0 saturated carbocycles. The van der Waals surface area contributed by atoms with E-state index in [2.05, 4.69) is 26.9 Å². The van der Waals surface area contributed by atoms with Gasteiger partial charge in [-0.05, 0) is 56.0 Å². The number of ether oxygens (including phenoxy) is 2. The Morgan fingerprint density at radius 3 is 2.74 bits per heavy atom. The molecule has 182 valence electrons. The van der Waals surface area contributed by atoms with Crippen LogP contribution in [0.4, 0.5) is 0 Å². The maximum atomic E-state index is 12.8. The summed E-state index contributed by atoms with van der Waals surface area (Å²) >= 11 is 1.30. The number of nitrogens with one attached hydrogen (secondary N) is 1. The summed E-state index contributed by atoms with van der Waals surface area (Å²) in [5, 5.41) is 4.64. The molecule has 2 aromatic carbocycles. The van der Waals surface area contributed by atoms with Gasteiger partial charge >= 0.3 is 0 Å². The van der Waals surface area contributed by atoms with E-state index in [4.69, 9.17) is 9.47 Å². The number of hydrogen-bond acceptors (Lipinski definition) is 7. The fraction of sp³-hybridized carbons (Fsp3) is 0.280. The first-order chi connectivity index (χ1) is 16.8. The fourth-order valence-electron chi connectivity index (χ4n) is 4.23. The van der Waals surface area contributed by atoms with E-state index in [0.717, 1.165) is 29.0 Å². The second-order valence-corrected chi connectivity index (χ2v) is 11.2. The van der Waals surface area contributed by atoms with Gasteiger partial charge in [0.2, 0.25) is 10.0 Å². The molecule has 1 N–H and O–H groups in total. The predicted octanol–water partition coefficient (Wildman–Crippen LogP) is 4.83. The number of thiazole rings is 1. The van der Waals surface area contributed by atoms with E-state index in [9.17, 15) is 8.42 Å². The zero-order chi connectivity index (χ0) is 24.6. The molecule has 0 radical (unpaired) electrons. The van der Waals surface area contributed by atoms with Crippen LogP contribution in [0.25, 0.3) is 0 Å². The number of rotatable bonds is 7. The summed E-state index contributed by atoms with van der Waals surface area (Å²) < 4.78 is 41.9. The lowest BCUT2D eigenvalue weighted by molar-refractivity contribution is 0.176. The van der Waals surface area contributed by atoms with Gasteiger partial charge in [0, 0.05) is 24.7 Å². The van der Waals surface area contributed by atoms with Crippen molar-refractivity contribution in [1.82, 2.24) is 19.5 Å². The lowest BCUT2D eigenvalue weighted by atomic mass is 9.97. The molecule has 1 aliphatic rings. The Labute approximate surface area is 208 Å². The van der Waals surface area contributed by atoms with Crippen LogP contribution in [0.15, 0.2) is 59.6 Å². The third-order valence-corrected chi connectivity index (χ3v) is 8.56. The minimum absolute atomic E-state index is 0.0556. The summed E-state index contributed by atoms with van der Waals surface area (Å²) in [7, 11) is -1.97. The minimum Gasteiger partial charge on any atom is -0.485 e. The monoisotopic (exact) mass is 510 g/mol. The molecule has 4 aromatic rings. The van der Waals surface area contributed by atoms with Gasteiger partial charge in [0.15, 0.2) is 0 Å². The van der Waals surface area contributed by atoms with E-state index in [1.807, 2.05) is 36.4 Å². The van der Waals surface area contributed by atoms with E-state index in [1.165, 1.54) is 16.9 Å². The maximum Gasteiger partial charge on any atom is 0.278 e. The summed E-state index contributed by atoms with van der Waals surface area (Å²) in [5.74, 6) is 1.54. The van der Waals surface area contributed by atoms with Crippen molar-refractivity contribution in [3.8, 4) is 16.7 Å². The van der Waals surface area contributed by atoms with Crippen molar-refractivity contribution >= 4 is 21.4 Å². The number of aryl methyl sites for hydroxylation is 3. The van der Waals surface area contributed by atoms with Crippen molar-refractivity contribution in [3.05, 3.63) is 82.1 Å². The third-order valence-electron chi connectivity index (χ3n) is 6.03. The van der Waals surface area contributed by atoms with Crippen LogP contribution < -0.4 is 14.2 Å². The van der Waals surface area contributed by atoms with E-state index in [0.29, 0.717) is 22.3 Å². The van der Waals surface area contributed by atoms with Crippen LogP contribution in [-0.4, -0.2) is 23.2 Å². The van der Waals surface area contributed by atoms with Crippen molar-refractivity contribution in [1.29, 1.82) is 0 Å². The van der Waals surface area contributed by atoms with Crippen LogP contribution in [0, 0.1) is 13.8 Å². The first-order valence-electron chi connectivity index (χ1n) is 11.3. The normalized spacial score (nSPS) is 15.5. The molecule has 10 heteroatoms. The third kappa shape index (κ3) is 4.95. The highest BCUT2D eigenvalue weighted by molar-refractivity contribution is 7.89. The summed E-state index contributed by atoms with van der Waals surface area (Å²) in [4.78, 5) is 5.26. The Bertz CT molecular complexity index is 1460. The van der Waals surface area contributed by atoms with E-state index < -0.39 is 10.0 Å². The number of aromatic nitrogens is 3. The highest BCUT2D eigenvalue weighted by atomic mass is 32.2. The molecule has 3 heterocycles. The van der Waals surface area contributed by atoms with Gasteiger partial charge in [0.05, 0.1) is 11.4 Å². The average molecular weight is 511 g/mol. The minimum atomic E-state index is -3.69. The molecule has 0 amide bonds. The summed E-state index contributed by atoms with van der Waals surface area (Å²) in [5.41, 5.74) is 3.34. The van der Waals surface area contributed by atoms with Gasteiger partial charge in [-0.25, -0.2) is 18.1 Å². The van der Waals surface area contributed by atoms with E-state index >= 15 is 0 Å². The zero-order valence-corrected chi connectivity index (χ0v) is 21.3. The first kappa shape index (κ1) is 23.5. The predicted molar refractivity (Wildman–Crippen MR) is 133 cm³/mol. The van der Waals surface area contributed by atoms with Gasteiger partial charge in [-0.3, -0.25) is 4.68 Å². The van der Waals surface area contributed by atoms with Crippen LogP contribution >= 0.6 is 11.3 Å². The largest absolute Gasteiger partial charge is 0.485 e. The van der Waals surface area contributed by atoms with Crippen molar-refractivity contribution < 1.29 is 17.9 Å². The molecular weight excluding hydrogens is 484 g/mol. The van der Waals surface area contributed by atoms with Crippen molar-refractivity contribution in [2.45, 2.75) is 44.2 Å². The zero-order valence-electron chi connectivity index (χ0n) is 19.7. The van der Waals surface area contributed by atoms with Gasteiger partial charge < -0.3 is 9.47 Å². The summed E-state index contributed by atoms with van der Waals surface area (Å²) in [6.45, 7) is 3.54. The molecule has 8 nitrogen and oxygen atoms in total. The lowest BCUT2D eigenvalue weighted by Gasteiger charge is -2.26. The number of sulfonamides is 1. The summed E-state index contributed by atoms with van der Waals surface area (Å²) in [6.07, 6.45) is 3.47. The second-order valence-electron chi connectivity index (χ2n) is 8.47. The van der Waals surface area contributed by atoms with E-state index in [1.54, 1.807) is 31.8 Å². The van der Waals surface area contributed by atoms with E-state index in [-0.39, 0.29) is 17.5 Å². The Balaban J connectivity index is 1.23. The molecule has 1 unspecified atom stereocenters. The number of hydrogen-bond donors (Lipinski definition) is 1. The highest BCUT2D eigenvalue weighted by Gasteiger charge is 2.24. The Morgan fingerprint density at radius 2 is 2.00 bits per heavy atom. The van der Waals surface area contributed by atoms with Gasteiger partial charge in [0.25, 0.3) is 5.19 Å². The molecular formula is C25H26N4O4S2. The number of nitrogens with zero attached hydrogens (tertiary/aromatic N) is 3. The molecule has 35 heavy (non-hydrogen) atoms. The van der Waals surface area contributed by atoms with Crippen LogP contribution in [0.3, 0.4) is 0 Å². The molecule has 1 aliphatic heterocycles. The molecule has 2 aromatic heterocycles. The molecule has 0 saturated heterocycles. The molecule has 0 aliphatic carbocycles. The molecule has 1 atom stereocenters. The quantitative estimate of drug-likeness (QED) is 0.383. The van der Waals surface area contributed by atoms with Crippen molar-refractivity contribution in [2.24, 2.45) is 7.05 Å². The highest BCUT2D eigenvalue weighted by Crippen LogP contribution is 2.38. The van der Waals surface area contributed by atoms with Crippen molar-refractivity contribution in [2.75, 3.05) is 0 Å². The molecule has 0 fully saturated rings. The van der Waals surface area contributed by atoms with Crippen molar-refractivity contribution in [3.63, 3.8) is 0 Å². The average Bonchev–Trinajstić information content (AvgIpc) is 3.40. The van der Waals surface area contributed by atoms with Gasteiger partial charge in [-0.15, -0.1) is 0 Å². The standard InChI is InChI=1S/C25H26N4O4S2/c1-16-24(17(2)29(3)28-16)35(30,31)27-15-21-14-26-25(34-21)32-20-10-12-23-19(13-20)9-11-22(33-23)18-7-5-4-6-8-18/h4-8,10,12-14,22,27H,9,11,15H2,1-3H3. The Morgan fingerprint density at radius 1 is 1.20 bits per heavy atom. The molecule has 5 rings (SSSR count). The topological polar surface area (TPSA) is 95.3 Å². The molecule has 0 bridgehead atoms. The summed E-state index contributed by atoms with van der Waals surface area (Å²) in [6, 6.07) is 16.0. The van der Waals surface area contributed by atoms with Gasteiger partial charge in [0.1, 0.15) is 22.5 Å². The Hall–Kier alpha value is -3.21. The van der Waals surface area contributed by atoms with Gasteiger partial charge in [-0.2, -0.15) is 5.10 Å². The smallest absolute Gasteiger partial charge is 0.278 e. The van der Waals surface area contributed by atoms with Crippen LogP contribution in [0.2, 0.25) is 0 Å². The second kappa shape index (κ2) is 9.44. The van der Waals surface area contributed by atoms with Crippen LogP contribution in [0.5, 0.6) is 16.7 Å². The molecule has 0 spiro atoms. The first-order valence-corrected chi connectivity index (χ1v) is 13.6. The maximum absolute atomic E-state index is 12.8. The lowest BCUT2D eigenvalue weighted by Crippen LogP contribution is -2.24. The van der Waals surface area contributed by atoms with Crippen LogP contribution in [0.1, 0.15) is 39.9 Å². The fourth-order valence-corrected chi connectivity index (χ4v) is 6.48. The number of fused-ring (bicyclic) bond motifs is 1. The van der Waals surface area contributed by atoms with Crippen LogP contribution in [-0.2, 0) is 30.0 Å². The number of benzene rings is 2. The van der Waals surface area contributed by atoms with Gasteiger partial charge in [-0.1, -0.05) is 41.7 Å².